The summed E-state index contributed by atoms with van der Waals surface area (Å²) in [5.74, 6) is 0.0283. The van der Waals surface area contributed by atoms with Gasteiger partial charge in [0.25, 0.3) is 5.91 Å². The third kappa shape index (κ3) is 9.83. The second-order valence-electron chi connectivity index (χ2n) is 4.85. The van der Waals surface area contributed by atoms with Crippen LogP contribution in [0.1, 0.15) is 45.0 Å². The highest BCUT2D eigenvalue weighted by atomic mass is 16.2. The van der Waals surface area contributed by atoms with E-state index in [-0.39, 0.29) is 23.9 Å². The van der Waals surface area contributed by atoms with Crippen molar-refractivity contribution in [2.24, 2.45) is 0 Å². The van der Waals surface area contributed by atoms with E-state index in [9.17, 15) is 9.59 Å². The van der Waals surface area contributed by atoms with Crippen molar-refractivity contribution in [2.45, 2.75) is 46.7 Å². The van der Waals surface area contributed by atoms with Gasteiger partial charge in [-0.05, 0) is 39.8 Å². The molecule has 0 bridgehead atoms. The number of benzene rings is 1. The van der Waals surface area contributed by atoms with Crippen molar-refractivity contribution >= 4 is 11.8 Å². The predicted molar refractivity (Wildman–Crippen MR) is 78.0 cm³/mol. The molecule has 4 nitrogen and oxygen atoms in total. The van der Waals surface area contributed by atoms with Crippen LogP contribution < -0.4 is 10.6 Å². The van der Waals surface area contributed by atoms with Crippen LogP contribution in [0.3, 0.4) is 0 Å². The van der Waals surface area contributed by atoms with Crippen molar-refractivity contribution in [1.82, 2.24) is 10.6 Å². The third-order valence-electron chi connectivity index (χ3n) is 1.95. The fraction of sp³-hybridized carbons (Fsp3) is 0.467. The Hall–Kier alpha value is -1.84. The summed E-state index contributed by atoms with van der Waals surface area (Å²) in [6.07, 6.45) is 0. The summed E-state index contributed by atoms with van der Waals surface area (Å²) in [6, 6.07) is 9.68. The van der Waals surface area contributed by atoms with Crippen LogP contribution in [-0.4, -0.2) is 23.9 Å². The van der Waals surface area contributed by atoms with E-state index >= 15 is 0 Å². The maximum atomic E-state index is 11.3. The Bertz CT molecular complexity index is 386. The van der Waals surface area contributed by atoms with E-state index in [2.05, 4.69) is 10.6 Å². The molecule has 2 amide bonds. The SMILES string of the molecule is CC(=O)NC(C)C.CC(C)NC(=O)c1ccccc1. The highest BCUT2D eigenvalue weighted by Crippen LogP contribution is 1.98. The van der Waals surface area contributed by atoms with Gasteiger partial charge in [0.05, 0.1) is 0 Å². The van der Waals surface area contributed by atoms with Gasteiger partial charge in [0.1, 0.15) is 0 Å². The molecule has 0 atom stereocenters. The van der Waals surface area contributed by atoms with E-state index in [4.69, 9.17) is 0 Å². The van der Waals surface area contributed by atoms with Crippen molar-refractivity contribution in [2.75, 3.05) is 0 Å². The van der Waals surface area contributed by atoms with Crippen LogP contribution >= 0.6 is 0 Å². The zero-order valence-electron chi connectivity index (χ0n) is 12.4. The first kappa shape index (κ1) is 17.2. The lowest BCUT2D eigenvalue weighted by molar-refractivity contribution is -0.119. The lowest BCUT2D eigenvalue weighted by atomic mass is 10.2. The summed E-state index contributed by atoms with van der Waals surface area (Å²) in [5.41, 5.74) is 0.714. The molecule has 0 heterocycles. The summed E-state index contributed by atoms with van der Waals surface area (Å²) >= 11 is 0. The molecular weight excluding hydrogens is 240 g/mol. The largest absolute Gasteiger partial charge is 0.354 e. The predicted octanol–water partition coefficient (Wildman–Crippen LogP) is 2.36. The zero-order valence-corrected chi connectivity index (χ0v) is 12.4. The summed E-state index contributed by atoms with van der Waals surface area (Å²) in [6.45, 7) is 9.27. The lowest BCUT2D eigenvalue weighted by Crippen LogP contribution is -2.29. The molecule has 106 valence electrons. The van der Waals surface area contributed by atoms with Gasteiger partial charge < -0.3 is 10.6 Å². The minimum atomic E-state index is -0.00870. The molecule has 0 radical (unpaired) electrons. The van der Waals surface area contributed by atoms with Crippen LogP contribution in [0.15, 0.2) is 30.3 Å². The van der Waals surface area contributed by atoms with Crippen molar-refractivity contribution in [1.29, 1.82) is 0 Å². The van der Waals surface area contributed by atoms with Gasteiger partial charge in [0.2, 0.25) is 5.91 Å². The molecule has 1 rings (SSSR count). The van der Waals surface area contributed by atoms with E-state index in [1.54, 1.807) is 12.1 Å². The van der Waals surface area contributed by atoms with Gasteiger partial charge in [0, 0.05) is 24.6 Å². The summed E-state index contributed by atoms with van der Waals surface area (Å²) in [7, 11) is 0. The second-order valence-corrected chi connectivity index (χ2v) is 4.85. The van der Waals surface area contributed by atoms with Crippen LogP contribution in [-0.2, 0) is 4.79 Å². The molecule has 0 fully saturated rings. The van der Waals surface area contributed by atoms with Gasteiger partial charge >= 0.3 is 0 Å². The molecule has 0 aliphatic heterocycles. The van der Waals surface area contributed by atoms with Crippen LogP contribution in [0.2, 0.25) is 0 Å². The first-order chi connectivity index (χ1) is 8.82. The van der Waals surface area contributed by atoms with Crippen LogP contribution in [0.25, 0.3) is 0 Å². The maximum absolute atomic E-state index is 11.3. The molecule has 0 unspecified atom stereocenters. The van der Waals surface area contributed by atoms with E-state index < -0.39 is 0 Å². The van der Waals surface area contributed by atoms with Crippen molar-refractivity contribution < 1.29 is 9.59 Å². The minimum Gasteiger partial charge on any atom is -0.354 e. The normalized spacial score (nSPS) is 9.63. The smallest absolute Gasteiger partial charge is 0.251 e. The number of rotatable bonds is 3. The number of nitrogens with one attached hydrogen (secondary N) is 2. The number of carbonyl (C=O) groups is 2. The number of hydrogen-bond donors (Lipinski definition) is 2. The maximum Gasteiger partial charge on any atom is 0.251 e. The van der Waals surface area contributed by atoms with Crippen LogP contribution in [0.5, 0.6) is 0 Å². The Morgan fingerprint density at radius 1 is 0.895 bits per heavy atom. The Labute approximate surface area is 115 Å². The van der Waals surface area contributed by atoms with Gasteiger partial charge in [-0.15, -0.1) is 0 Å². The van der Waals surface area contributed by atoms with Crippen LogP contribution in [0, 0.1) is 0 Å². The quantitative estimate of drug-likeness (QED) is 0.880. The minimum absolute atomic E-state index is 0.00870. The Morgan fingerprint density at radius 2 is 1.37 bits per heavy atom. The lowest BCUT2D eigenvalue weighted by Gasteiger charge is -2.07. The molecule has 1 aromatic carbocycles. The molecule has 1 aromatic rings. The van der Waals surface area contributed by atoms with Gasteiger partial charge in [-0.3, -0.25) is 9.59 Å². The first-order valence-electron chi connectivity index (χ1n) is 6.46. The molecule has 0 spiro atoms. The van der Waals surface area contributed by atoms with Crippen molar-refractivity contribution in [3.05, 3.63) is 35.9 Å². The van der Waals surface area contributed by atoms with Crippen molar-refractivity contribution in [3.8, 4) is 0 Å². The Morgan fingerprint density at radius 3 is 1.68 bits per heavy atom. The molecule has 0 aliphatic rings. The fourth-order valence-electron chi connectivity index (χ4n) is 1.34. The second kappa shape index (κ2) is 9.14. The van der Waals surface area contributed by atoms with Gasteiger partial charge in [-0.2, -0.15) is 0 Å². The zero-order chi connectivity index (χ0) is 14.8. The van der Waals surface area contributed by atoms with E-state index in [0.717, 1.165) is 0 Å². The molecule has 0 aromatic heterocycles. The fourth-order valence-corrected chi connectivity index (χ4v) is 1.34. The van der Waals surface area contributed by atoms with E-state index in [1.807, 2.05) is 45.9 Å². The number of hydrogen-bond acceptors (Lipinski definition) is 2. The molecular formula is C15H24N2O2. The monoisotopic (exact) mass is 264 g/mol. The molecule has 4 heteroatoms. The highest BCUT2D eigenvalue weighted by molar-refractivity contribution is 5.94. The topological polar surface area (TPSA) is 58.2 Å². The summed E-state index contributed by atoms with van der Waals surface area (Å²) in [5, 5.41) is 5.49. The summed E-state index contributed by atoms with van der Waals surface area (Å²) < 4.78 is 0. The van der Waals surface area contributed by atoms with Gasteiger partial charge in [0.15, 0.2) is 0 Å². The standard InChI is InChI=1S/C10H13NO.C5H11NO/c1-8(2)11-10(12)9-6-4-3-5-7-9;1-4(2)6-5(3)7/h3-8H,1-2H3,(H,11,12);4H,1-3H3,(H,6,7). The van der Waals surface area contributed by atoms with E-state index in [0.29, 0.717) is 5.56 Å². The molecule has 2 N–H and O–H groups in total. The highest BCUT2D eigenvalue weighted by Gasteiger charge is 2.04. The number of carbonyl (C=O) groups excluding carboxylic acids is 2. The van der Waals surface area contributed by atoms with Crippen molar-refractivity contribution in [3.63, 3.8) is 0 Å². The third-order valence-corrected chi connectivity index (χ3v) is 1.95. The Balaban J connectivity index is 0.000000399. The average molecular weight is 264 g/mol. The molecule has 19 heavy (non-hydrogen) atoms. The van der Waals surface area contributed by atoms with Crippen LogP contribution in [0.4, 0.5) is 0 Å². The van der Waals surface area contributed by atoms with Gasteiger partial charge in [-0.25, -0.2) is 0 Å². The number of amides is 2. The summed E-state index contributed by atoms with van der Waals surface area (Å²) in [4.78, 5) is 21.5. The molecule has 0 saturated carbocycles. The first-order valence-corrected chi connectivity index (χ1v) is 6.46. The van der Waals surface area contributed by atoms with E-state index in [1.165, 1.54) is 6.92 Å². The van der Waals surface area contributed by atoms with Gasteiger partial charge in [-0.1, -0.05) is 18.2 Å². The molecule has 0 aliphatic carbocycles. The average Bonchev–Trinajstić information content (AvgIpc) is 2.28. The molecule has 0 saturated heterocycles. The Kier molecular flexibility index (Phi) is 8.25.